The highest BCUT2D eigenvalue weighted by Crippen LogP contribution is 2.28. The molecule has 0 bridgehead atoms. The Labute approximate surface area is 320 Å². The van der Waals surface area contributed by atoms with Gasteiger partial charge in [-0.25, -0.2) is 0 Å². The maximum Gasteiger partial charge on any atom is -0.0334 e. The Balaban J connectivity index is -0.0000000841. The third-order valence-corrected chi connectivity index (χ3v) is 9.67. The Morgan fingerprint density at radius 2 is 0.633 bits per heavy atom. The highest BCUT2D eigenvalue weighted by molar-refractivity contribution is 4.67. The van der Waals surface area contributed by atoms with Crippen molar-refractivity contribution in [1.82, 2.24) is 0 Å². The van der Waals surface area contributed by atoms with E-state index in [-0.39, 0.29) is 0 Å². The van der Waals surface area contributed by atoms with Crippen LogP contribution < -0.4 is 0 Å². The molecule has 0 heterocycles. The van der Waals surface area contributed by atoms with E-state index >= 15 is 0 Å². The largest absolute Gasteiger partial charge is 0.0654 e. The van der Waals surface area contributed by atoms with Crippen molar-refractivity contribution in [1.29, 1.82) is 0 Å². The van der Waals surface area contributed by atoms with Gasteiger partial charge in [-0.05, 0) is 47.3 Å². The second kappa shape index (κ2) is 54.8. The van der Waals surface area contributed by atoms with Gasteiger partial charge in [-0.3, -0.25) is 0 Å². The standard InChI is InChI=1S/C8H18.5C7H16.C6H14/c1-5-8(4,6-2)7-3;1-6(2)5-7(3)4;1-4-5-6-7(2)3;2*1-4-6-7(3)5-2;1-3-5-7-6-4-2;1-4-5-6(2)3/h5-7H2,1-4H3;6-7H,5H2,1-4H3;3*7H,4-6H2,1-3H3;3-7H2,1-2H3;6H,4-5H2,1-3H3. The molecule has 0 amide bonds. The first-order valence-corrected chi connectivity index (χ1v) is 22.9. The summed E-state index contributed by atoms with van der Waals surface area (Å²) in [7, 11) is 0. The molecule has 0 spiro atoms. The monoisotopic (exact) mass is 701 g/mol. The molecule has 0 aromatic carbocycles. The summed E-state index contributed by atoms with van der Waals surface area (Å²) in [5.74, 6) is 5.45. The van der Waals surface area contributed by atoms with Gasteiger partial charge in [0.25, 0.3) is 0 Å². The van der Waals surface area contributed by atoms with Crippen molar-refractivity contribution in [3.63, 3.8) is 0 Å². The molecule has 49 heavy (non-hydrogen) atoms. The molecule has 0 N–H and O–H groups in total. The molecule has 0 saturated carbocycles. The summed E-state index contributed by atoms with van der Waals surface area (Å²) in [4.78, 5) is 0. The van der Waals surface area contributed by atoms with Crippen LogP contribution >= 0.6 is 0 Å². The van der Waals surface area contributed by atoms with E-state index in [1.54, 1.807) is 0 Å². The van der Waals surface area contributed by atoms with Crippen LogP contribution in [0.5, 0.6) is 0 Å². The van der Waals surface area contributed by atoms with Crippen LogP contribution in [0.15, 0.2) is 0 Å². The molecular weight excluding hydrogens is 589 g/mol. The first-order chi connectivity index (χ1) is 22.9. The molecule has 0 saturated heterocycles. The smallest absolute Gasteiger partial charge is 0.0334 e. The van der Waals surface area contributed by atoms with E-state index in [4.69, 9.17) is 0 Å². The van der Waals surface area contributed by atoms with Crippen molar-refractivity contribution in [2.75, 3.05) is 0 Å². The van der Waals surface area contributed by atoms with Gasteiger partial charge < -0.3 is 0 Å². The summed E-state index contributed by atoms with van der Waals surface area (Å²) >= 11 is 0. The average Bonchev–Trinajstić information content (AvgIpc) is 3.05. The predicted octanol–water partition coefficient (Wildman–Crippen LogP) is 19.8. The van der Waals surface area contributed by atoms with Crippen LogP contribution in [0.25, 0.3) is 0 Å². The SMILES string of the molecule is CC(C)CC(C)C.CCC(C)(CC)CC.CCCC(C)C.CCCC(C)CC.CCCC(C)CC.CCCCC(C)C.CCCCCCC. The molecule has 0 aliphatic carbocycles. The lowest BCUT2D eigenvalue weighted by atomic mass is 9.82. The van der Waals surface area contributed by atoms with Crippen molar-refractivity contribution in [3.8, 4) is 0 Å². The van der Waals surface area contributed by atoms with E-state index < -0.39 is 0 Å². The summed E-state index contributed by atoms with van der Waals surface area (Å²) in [6, 6.07) is 0. The quantitative estimate of drug-likeness (QED) is 0.111. The van der Waals surface area contributed by atoms with E-state index in [1.165, 1.54) is 128 Å². The summed E-state index contributed by atoms with van der Waals surface area (Å²) in [6.45, 7) is 49.8. The minimum absolute atomic E-state index is 0.625. The Bertz CT molecular complexity index is 436. The Morgan fingerprint density at radius 1 is 0.327 bits per heavy atom. The molecule has 2 atom stereocenters. The fourth-order valence-corrected chi connectivity index (χ4v) is 4.95. The summed E-state index contributed by atoms with van der Waals surface area (Å²) in [5.41, 5.74) is 0.625. The van der Waals surface area contributed by atoms with Crippen molar-refractivity contribution < 1.29 is 0 Å². The van der Waals surface area contributed by atoms with Gasteiger partial charge in [0.2, 0.25) is 0 Å². The third kappa shape index (κ3) is 87.9. The van der Waals surface area contributed by atoms with Crippen molar-refractivity contribution in [3.05, 3.63) is 0 Å². The van der Waals surface area contributed by atoms with Gasteiger partial charge in [-0.2, -0.15) is 0 Å². The fraction of sp³-hybridized carbons (Fsp3) is 1.00. The number of rotatable bonds is 20. The van der Waals surface area contributed by atoms with E-state index in [9.17, 15) is 0 Å². The van der Waals surface area contributed by atoms with Crippen LogP contribution in [0.4, 0.5) is 0 Å². The second-order valence-corrected chi connectivity index (χ2v) is 17.3. The zero-order valence-corrected chi connectivity index (χ0v) is 40.1. The van der Waals surface area contributed by atoms with Gasteiger partial charge in [-0.15, -0.1) is 0 Å². The fourth-order valence-electron chi connectivity index (χ4n) is 4.95. The van der Waals surface area contributed by atoms with E-state index in [0.717, 1.165) is 35.5 Å². The van der Waals surface area contributed by atoms with Gasteiger partial charge >= 0.3 is 0 Å². The molecule has 0 nitrogen and oxygen atoms in total. The van der Waals surface area contributed by atoms with Crippen molar-refractivity contribution in [2.45, 2.75) is 281 Å². The lowest BCUT2D eigenvalue weighted by Crippen LogP contribution is -2.10. The molecule has 2 unspecified atom stereocenters. The molecule has 0 radical (unpaired) electrons. The summed E-state index contributed by atoms with van der Waals surface area (Å²) < 4.78 is 0. The normalized spacial score (nSPS) is 11.6. The van der Waals surface area contributed by atoms with Crippen molar-refractivity contribution in [2.24, 2.45) is 40.9 Å². The minimum atomic E-state index is 0.625. The van der Waals surface area contributed by atoms with E-state index in [2.05, 4.69) is 152 Å². The Kier molecular flexibility index (Phi) is 71.5. The maximum absolute atomic E-state index is 2.35. The number of unbranched alkanes of at least 4 members (excludes halogenated alkanes) is 5. The van der Waals surface area contributed by atoms with E-state index in [1.807, 2.05) is 0 Å². The molecular formula is C49H112. The van der Waals surface area contributed by atoms with Gasteiger partial charge in [0.1, 0.15) is 0 Å². The maximum atomic E-state index is 2.35. The molecule has 0 aromatic heterocycles. The summed E-state index contributed by atoms with van der Waals surface area (Å²) in [6.07, 6.45) is 27.3. The molecule has 0 fully saturated rings. The highest BCUT2D eigenvalue weighted by Gasteiger charge is 2.15. The number of hydrogen-bond donors (Lipinski definition) is 0. The lowest BCUT2D eigenvalue weighted by Gasteiger charge is -2.23. The third-order valence-electron chi connectivity index (χ3n) is 9.67. The molecule has 0 aromatic rings. The minimum Gasteiger partial charge on any atom is -0.0654 e. The second-order valence-electron chi connectivity index (χ2n) is 17.3. The zero-order valence-electron chi connectivity index (χ0n) is 40.1. The van der Waals surface area contributed by atoms with Gasteiger partial charge in [0.05, 0.1) is 0 Å². The van der Waals surface area contributed by atoms with Gasteiger partial charge in [0.15, 0.2) is 0 Å². The molecule has 0 aliphatic heterocycles. The van der Waals surface area contributed by atoms with Crippen molar-refractivity contribution >= 4 is 0 Å². The van der Waals surface area contributed by atoms with Crippen LogP contribution in [-0.2, 0) is 0 Å². The Morgan fingerprint density at radius 3 is 0.714 bits per heavy atom. The van der Waals surface area contributed by atoms with Crippen LogP contribution in [0.1, 0.15) is 281 Å². The van der Waals surface area contributed by atoms with Gasteiger partial charge in [0, 0.05) is 0 Å². The average molecular weight is 701 g/mol. The predicted molar refractivity (Wildman–Crippen MR) is 241 cm³/mol. The molecule has 0 rings (SSSR count). The van der Waals surface area contributed by atoms with E-state index in [0.29, 0.717) is 5.41 Å². The zero-order chi connectivity index (χ0) is 40.1. The first kappa shape index (κ1) is 64.0. The Hall–Kier alpha value is 0. The molecule has 308 valence electrons. The topological polar surface area (TPSA) is 0 Å². The molecule has 0 heteroatoms. The van der Waals surface area contributed by atoms with Crippen LogP contribution in [-0.4, -0.2) is 0 Å². The first-order valence-electron chi connectivity index (χ1n) is 22.9. The van der Waals surface area contributed by atoms with Gasteiger partial charge in [-0.1, -0.05) is 274 Å². The van der Waals surface area contributed by atoms with Crippen LogP contribution in [0.3, 0.4) is 0 Å². The summed E-state index contributed by atoms with van der Waals surface area (Å²) in [5, 5.41) is 0. The lowest BCUT2D eigenvalue weighted by molar-refractivity contribution is 0.286. The molecule has 0 aliphatic rings. The highest BCUT2D eigenvalue weighted by atomic mass is 14.2. The van der Waals surface area contributed by atoms with Crippen LogP contribution in [0.2, 0.25) is 0 Å². The van der Waals surface area contributed by atoms with Crippen LogP contribution in [0, 0.1) is 40.9 Å². The number of hydrogen-bond acceptors (Lipinski definition) is 0.